The second-order valence-electron chi connectivity index (χ2n) is 4.13. The van der Waals surface area contributed by atoms with Crippen LogP contribution in [0.5, 0.6) is 5.75 Å². The number of benzene rings is 2. The van der Waals surface area contributed by atoms with Gasteiger partial charge in [0.2, 0.25) is 0 Å². The van der Waals surface area contributed by atoms with Crippen LogP contribution >= 0.6 is 0 Å². The largest absolute Gasteiger partial charge is 0.497 e. The van der Waals surface area contributed by atoms with Crippen molar-refractivity contribution in [3.63, 3.8) is 0 Å². The van der Waals surface area contributed by atoms with Crippen LogP contribution in [0.2, 0.25) is 0 Å². The molecule has 3 heteroatoms. The first-order chi connectivity index (χ1) is 8.86. The van der Waals surface area contributed by atoms with Gasteiger partial charge < -0.3 is 4.74 Å². The average molecular weight is 237 g/mol. The van der Waals surface area contributed by atoms with Crippen molar-refractivity contribution < 1.29 is 4.74 Å². The Balaban J connectivity index is 1.91. The summed E-state index contributed by atoms with van der Waals surface area (Å²) in [5, 5.41) is 5.34. The molecule has 0 saturated heterocycles. The van der Waals surface area contributed by atoms with Crippen LogP contribution in [0.25, 0.3) is 10.9 Å². The molecule has 1 heterocycles. The highest BCUT2D eigenvalue weighted by Crippen LogP contribution is 2.16. The van der Waals surface area contributed by atoms with E-state index in [4.69, 9.17) is 4.74 Å². The summed E-state index contributed by atoms with van der Waals surface area (Å²) in [5.74, 6) is 0.871. The third-order valence-corrected chi connectivity index (χ3v) is 2.96. The summed E-state index contributed by atoms with van der Waals surface area (Å²) < 4.78 is 7.10. The fourth-order valence-corrected chi connectivity index (χ4v) is 1.99. The summed E-state index contributed by atoms with van der Waals surface area (Å²) in [6.07, 6.45) is 3.02. The average Bonchev–Trinajstić information content (AvgIpc) is 2.83. The molecule has 1 radical (unpaired) electrons. The number of hydrogen-bond donors (Lipinski definition) is 0. The Labute approximate surface area is 106 Å². The van der Waals surface area contributed by atoms with Crippen LogP contribution in [0.1, 0.15) is 5.56 Å². The number of hydrogen-bond acceptors (Lipinski definition) is 2. The van der Waals surface area contributed by atoms with E-state index in [9.17, 15) is 0 Å². The lowest BCUT2D eigenvalue weighted by atomic mass is 10.2. The summed E-state index contributed by atoms with van der Waals surface area (Å²) >= 11 is 0. The third-order valence-electron chi connectivity index (χ3n) is 2.96. The summed E-state index contributed by atoms with van der Waals surface area (Å²) in [6.45, 7) is 0.744. The fourth-order valence-electron chi connectivity index (χ4n) is 1.99. The standard InChI is InChI=1S/C15H13N2O/c1-18-14-8-6-12(7-9-14)11-17-15-5-3-2-4-13(15)10-16-17/h2-9H,11H2,1H3. The summed E-state index contributed by atoms with van der Waals surface area (Å²) in [7, 11) is 1.67. The van der Waals surface area contributed by atoms with E-state index in [-0.39, 0.29) is 0 Å². The SMILES string of the molecule is COc1ccc(Cn2n[c]c3ccccc32)cc1. The minimum atomic E-state index is 0.744. The number of nitrogens with zero attached hydrogens (tertiary/aromatic N) is 2. The summed E-state index contributed by atoms with van der Waals surface area (Å²) in [5.41, 5.74) is 2.30. The third kappa shape index (κ3) is 1.95. The summed E-state index contributed by atoms with van der Waals surface area (Å²) in [6, 6.07) is 16.1. The van der Waals surface area contributed by atoms with Crippen LogP contribution in [0.3, 0.4) is 0 Å². The second-order valence-corrected chi connectivity index (χ2v) is 4.13. The van der Waals surface area contributed by atoms with Gasteiger partial charge >= 0.3 is 0 Å². The van der Waals surface area contributed by atoms with Crippen LogP contribution in [-0.4, -0.2) is 16.9 Å². The lowest BCUT2D eigenvalue weighted by Gasteiger charge is -2.05. The molecule has 1 aromatic heterocycles. The van der Waals surface area contributed by atoms with E-state index < -0.39 is 0 Å². The summed E-state index contributed by atoms with van der Waals surface area (Å²) in [4.78, 5) is 0. The van der Waals surface area contributed by atoms with Gasteiger partial charge in [-0.25, -0.2) is 0 Å². The van der Waals surface area contributed by atoms with Crippen molar-refractivity contribution >= 4 is 10.9 Å². The normalized spacial score (nSPS) is 10.7. The molecule has 0 aliphatic heterocycles. The van der Waals surface area contributed by atoms with Gasteiger partial charge in [-0.3, -0.25) is 4.68 Å². The number of methoxy groups -OCH3 is 1. The van der Waals surface area contributed by atoms with E-state index in [0.717, 1.165) is 23.2 Å². The highest BCUT2D eigenvalue weighted by atomic mass is 16.5. The number of aromatic nitrogens is 2. The molecule has 18 heavy (non-hydrogen) atoms. The molecular weight excluding hydrogens is 224 g/mol. The zero-order valence-electron chi connectivity index (χ0n) is 10.1. The quantitative estimate of drug-likeness (QED) is 0.700. The first-order valence-corrected chi connectivity index (χ1v) is 5.83. The van der Waals surface area contributed by atoms with Crippen LogP contribution in [0.15, 0.2) is 48.5 Å². The number of ether oxygens (including phenoxy) is 1. The molecular formula is C15H13N2O. The zero-order valence-corrected chi connectivity index (χ0v) is 10.1. The smallest absolute Gasteiger partial charge is 0.121 e. The van der Waals surface area contributed by atoms with E-state index in [1.54, 1.807) is 7.11 Å². The Morgan fingerprint density at radius 2 is 1.89 bits per heavy atom. The predicted octanol–water partition coefficient (Wildman–Crippen LogP) is 2.89. The first kappa shape index (κ1) is 10.8. The van der Waals surface area contributed by atoms with Gasteiger partial charge in [0.05, 0.1) is 19.2 Å². The Kier molecular flexibility index (Phi) is 2.73. The van der Waals surface area contributed by atoms with E-state index in [1.165, 1.54) is 5.56 Å². The minimum absolute atomic E-state index is 0.744. The molecule has 0 spiro atoms. The monoisotopic (exact) mass is 237 g/mol. The van der Waals surface area contributed by atoms with Gasteiger partial charge in [-0.1, -0.05) is 30.3 Å². The molecule has 0 aliphatic carbocycles. The molecule has 0 saturated carbocycles. The number of para-hydroxylation sites is 1. The van der Waals surface area contributed by atoms with Crippen LogP contribution in [-0.2, 0) is 6.54 Å². The second kappa shape index (κ2) is 4.53. The predicted molar refractivity (Wildman–Crippen MR) is 70.7 cm³/mol. The van der Waals surface area contributed by atoms with Crippen LogP contribution in [0.4, 0.5) is 0 Å². The molecule has 0 fully saturated rings. The highest BCUT2D eigenvalue weighted by Gasteiger charge is 2.03. The maximum absolute atomic E-state index is 5.15. The molecule has 0 amide bonds. The number of rotatable bonds is 3. The van der Waals surface area contributed by atoms with E-state index in [0.29, 0.717) is 0 Å². The van der Waals surface area contributed by atoms with Crippen LogP contribution in [0, 0.1) is 6.20 Å². The Morgan fingerprint density at radius 3 is 2.67 bits per heavy atom. The molecule has 0 N–H and O–H groups in total. The van der Waals surface area contributed by atoms with E-state index >= 15 is 0 Å². The maximum atomic E-state index is 5.15. The van der Waals surface area contributed by atoms with Gasteiger partial charge in [-0.2, -0.15) is 5.10 Å². The van der Waals surface area contributed by atoms with Crippen LogP contribution < -0.4 is 4.74 Å². The molecule has 3 aromatic rings. The molecule has 0 bridgehead atoms. The van der Waals surface area contributed by atoms with Gasteiger partial charge in [-0.15, -0.1) is 0 Å². The molecule has 0 aliphatic rings. The van der Waals surface area contributed by atoms with Crippen molar-refractivity contribution in [3.8, 4) is 5.75 Å². The molecule has 0 unspecified atom stereocenters. The Bertz CT molecular complexity index is 656. The molecule has 2 aromatic carbocycles. The lowest BCUT2D eigenvalue weighted by molar-refractivity contribution is 0.414. The molecule has 0 atom stereocenters. The maximum Gasteiger partial charge on any atom is 0.121 e. The fraction of sp³-hybridized carbons (Fsp3) is 0.133. The van der Waals surface area contributed by atoms with E-state index in [2.05, 4.69) is 29.5 Å². The van der Waals surface area contributed by atoms with Crippen molar-refractivity contribution in [2.75, 3.05) is 7.11 Å². The number of fused-ring (bicyclic) bond motifs is 1. The van der Waals surface area contributed by atoms with Gasteiger partial charge in [-0.05, 0) is 23.8 Å². The Morgan fingerprint density at radius 1 is 1.11 bits per heavy atom. The molecule has 89 valence electrons. The highest BCUT2D eigenvalue weighted by molar-refractivity contribution is 5.77. The lowest BCUT2D eigenvalue weighted by Crippen LogP contribution is -2.01. The van der Waals surface area contributed by atoms with Crippen molar-refractivity contribution in [2.24, 2.45) is 0 Å². The van der Waals surface area contributed by atoms with Crippen molar-refractivity contribution in [3.05, 3.63) is 60.3 Å². The molecule has 3 nitrogen and oxygen atoms in total. The zero-order chi connectivity index (χ0) is 12.4. The van der Waals surface area contributed by atoms with E-state index in [1.807, 2.05) is 35.0 Å². The molecule has 3 rings (SSSR count). The van der Waals surface area contributed by atoms with Crippen molar-refractivity contribution in [1.29, 1.82) is 0 Å². The Hall–Kier alpha value is -2.29. The first-order valence-electron chi connectivity index (χ1n) is 5.83. The van der Waals surface area contributed by atoms with Gasteiger partial charge in [0.15, 0.2) is 0 Å². The van der Waals surface area contributed by atoms with Crippen molar-refractivity contribution in [2.45, 2.75) is 6.54 Å². The van der Waals surface area contributed by atoms with Gasteiger partial charge in [0.1, 0.15) is 11.9 Å². The van der Waals surface area contributed by atoms with Gasteiger partial charge in [0.25, 0.3) is 0 Å². The van der Waals surface area contributed by atoms with Gasteiger partial charge in [0, 0.05) is 5.39 Å². The minimum Gasteiger partial charge on any atom is -0.497 e. The topological polar surface area (TPSA) is 27.1 Å². The van der Waals surface area contributed by atoms with Crippen molar-refractivity contribution in [1.82, 2.24) is 9.78 Å².